The molecule has 0 bridgehead atoms. The highest BCUT2D eigenvalue weighted by atomic mass is 19.4. The number of hydrogen-bond acceptors (Lipinski definition) is 1. The van der Waals surface area contributed by atoms with Gasteiger partial charge in [-0.15, -0.1) is 0 Å². The summed E-state index contributed by atoms with van der Waals surface area (Å²) in [6, 6.07) is 13.5. The lowest BCUT2D eigenvalue weighted by molar-refractivity contribution is -0.138. The number of nitrogens with one attached hydrogen (secondary N) is 1. The summed E-state index contributed by atoms with van der Waals surface area (Å²) in [5.74, 6) is 0. The standard InChI is InChI=1S/C17H18F3N/c1-12-7-3-5-9-15(12)13(2)21-11-14-8-4-6-10-16(14)17(18,19)20/h3-10,13,21H,11H2,1-2H3/t13-/m0/s1. The minimum Gasteiger partial charge on any atom is -0.306 e. The Morgan fingerprint density at radius 2 is 1.62 bits per heavy atom. The molecule has 2 aromatic carbocycles. The topological polar surface area (TPSA) is 12.0 Å². The zero-order valence-corrected chi connectivity index (χ0v) is 12.0. The first-order chi connectivity index (χ1) is 9.89. The van der Waals surface area contributed by atoms with E-state index in [2.05, 4.69) is 5.32 Å². The second kappa shape index (κ2) is 6.31. The van der Waals surface area contributed by atoms with Crippen molar-refractivity contribution in [3.8, 4) is 0 Å². The van der Waals surface area contributed by atoms with E-state index in [0.717, 1.165) is 17.2 Å². The van der Waals surface area contributed by atoms with Gasteiger partial charge in [0.15, 0.2) is 0 Å². The summed E-state index contributed by atoms with van der Waals surface area (Å²) >= 11 is 0. The zero-order valence-electron chi connectivity index (χ0n) is 12.0. The number of halogens is 3. The summed E-state index contributed by atoms with van der Waals surface area (Å²) in [6.07, 6.45) is -4.32. The van der Waals surface area contributed by atoms with E-state index >= 15 is 0 Å². The summed E-state index contributed by atoms with van der Waals surface area (Å²) < 4.78 is 38.8. The molecule has 0 fully saturated rings. The summed E-state index contributed by atoms with van der Waals surface area (Å²) in [6.45, 7) is 4.14. The maximum atomic E-state index is 12.9. The highest BCUT2D eigenvalue weighted by molar-refractivity contribution is 5.31. The van der Waals surface area contributed by atoms with Crippen LogP contribution in [0.2, 0.25) is 0 Å². The average molecular weight is 293 g/mol. The minimum atomic E-state index is -4.32. The monoisotopic (exact) mass is 293 g/mol. The Morgan fingerprint density at radius 1 is 1.00 bits per heavy atom. The van der Waals surface area contributed by atoms with Crippen LogP contribution in [0.25, 0.3) is 0 Å². The third-order valence-electron chi connectivity index (χ3n) is 3.58. The first kappa shape index (κ1) is 15.6. The molecule has 0 saturated heterocycles. The molecule has 2 aromatic rings. The Morgan fingerprint density at radius 3 is 2.29 bits per heavy atom. The number of aryl methyl sites for hydroxylation is 1. The third kappa shape index (κ3) is 3.85. The van der Waals surface area contributed by atoms with Crippen LogP contribution in [0.1, 0.15) is 35.2 Å². The molecule has 1 N–H and O–H groups in total. The van der Waals surface area contributed by atoms with Crippen molar-refractivity contribution >= 4 is 0 Å². The van der Waals surface area contributed by atoms with Crippen molar-refractivity contribution < 1.29 is 13.2 Å². The van der Waals surface area contributed by atoms with E-state index in [1.165, 1.54) is 12.1 Å². The van der Waals surface area contributed by atoms with Crippen molar-refractivity contribution in [1.29, 1.82) is 0 Å². The van der Waals surface area contributed by atoms with Crippen LogP contribution in [0.4, 0.5) is 13.2 Å². The van der Waals surface area contributed by atoms with Crippen LogP contribution in [-0.4, -0.2) is 0 Å². The first-order valence-corrected chi connectivity index (χ1v) is 6.83. The van der Waals surface area contributed by atoms with Gasteiger partial charge in [0.05, 0.1) is 5.56 Å². The molecule has 0 radical (unpaired) electrons. The van der Waals surface area contributed by atoms with Crippen molar-refractivity contribution in [2.45, 2.75) is 32.6 Å². The molecule has 0 aromatic heterocycles. The van der Waals surface area contributed by atoms with Crippen LogP contribution in [0.15, 0.2) is 48.5 Å². The lowest BCUT2D eigenvalue weighted by Crippen LogP contribution is -2.21. The van der Waals surface area contributed by atoms with E-state index in [-0.39, 0.29) is 18.2 Å². The van der Waals surface area contributed by atoms with Crippen LogP contribution < -0.4 is 5.32 Å². The highest BCUT2D eigenvalue weighted by Crippen LogP contribution is 2.32. The van der Waals surface area contributed by atoms with Gasteiger partial charge in [0.25, 0.3) is 0 Å². The molecule has 4 heteroatoms. The lowest BCUT2D eigenvalue weighted by Gasteiger charge is -2.18. The fourth-order valence-electron chi connectivity index (χ4n) is 2.40. The predicted octanol–water partition coefficient (Wildman–Crippen LogP) is 4.86. The molecule has 0 aliphatic carbocycles. The van der Waals surface area contributed by atoms with E-state index in [9.17, 15) is 13.2 Å². The molecular weight excluding hydrogens is 275 g/mol. The third-order valence-corrected chi connectivity index (χ3v) is 3.58. The Kier molecular flexibility index (Phi) is 4.68. The van der Waals surface area contributed by atoms with Gasteiger partial charge in [-0.05, 0) is 36.6 Å². The van der Waals surface area contributed by atoms with Gasteiger partial charge in [-0.3, -0.25) is 0 Å². The molecule has 0 spiro atoms. The predicted molar refractivity (Wildman–Crippen MR) is 77.9 cm³/mol. The number of rotatable bonds is 4. The quantitative estimate of drug-likeness (QED) is 0.848. The number of benzene rings is 2. The summed E-state index contributed by atoms with van der Waals surface area (Å²) in [4.78, 5) is 0. The highest BCUT2D eigenvalue weighted by Gasteiger charge is 2.32. The molecule has 0 unspecified atom stereocenters. The summed E-state index contributed by atoms with van der Waals surface area (Å²) in [5.41, 5.74) is 1.92. The molecule has 112 valence electrons. The normalized spacial score (nSPS) is 13.2. The summed E-state index contributed by atoms with van der Waals surface area (Å²) in [7, 11) is 0. The Labute approximate surface area is 122 Å². The number of alkyl halides is 3. The molecule has 21 heavy (non-hydrogen) atoms. The van der Waals surface area contributed by atoms with Crippen molar-refractivity contribution in [3.63, 3.8) is 0 Å². The van der Waals surface area contributed by atoms with Crippen molar-refractivity contribution in [2.75, 3.05) is 0 Å². The van der Waals surface area contributed by atoms with E-state index in [4.69, 9.17) is 0 Å². The van der Waals surface area contributed by atoms with Gasteiger partial charge >= 0.3 is 6.18 Å². The van der Waals surface area contributed by atoms with Gasteiger partial charge in [0.2, 0.25) is 0 Å². The SMILES string of the molecule is Cc1ccccc1[C@H](C)NCc1ccccc1C(F)(F)F. The van der Waals surface area contributed by atoms with E-state index in [0.29, 0.717) is 0 Å². The van der Waals surface area contributed by atoms with Gasteiger partial charge in [-0.2, -0.15) is 13.2 Å². The van der Waals surface area contributed by atoms with Crippen LogP contribution in [0.3, 0.4) is 0 Å². The molecule has 0 amide bonds. The van der Waals surface area contributed by atoms with E-state index < -0.39 is 11.7 Å². The largest absolute Gasteiger partial charge is 0.416 e. The van der Waals surface area contributed by atoms with Gasteiger partial charge in [-0.1, -0.05) is 42.5 Å². The van der Waals surface area contributed by atoms with Crippen molar-refractivity contribution in [3.05, 3.63) is 70.8 Å². The first-order valence-electron chi connectivity index (χ1n) is 6.83. The second-order valence-corrected chi connectivity index (χ2v) is 5.11. The van der Waals surface area contributed by atoms with Crippen LogP contribution in [0, 0.1) is 6.92 Å². The lowest BCUT2D eigenvalue weighted by atomic mass is 10.0. The summed E-state index contributed by atoms with van der Waals surface area (Å²) in [5, 5.41) is 3.17. The van der Waals surface area contributed by atoms with Gasteiger partial charge in [0.1, 0.15) is 0 Å². The molecule has 2 rings (SSSR count). The smallest absolute Gasteiger partial charge is 0.306 e. The molecule has 0 aliphatic heterocycles. The minimum absolute atomic E-state index is 0.00695. The number of hydrogen-bond donors (Lipinski definition) is 1. The van der Waals surface area contributed by atoms with Crippen LogP contribution >= 0.6 is 0 Å². The molecule has 1 nitrogen and oxygen atoms in total. The van der Waals surface area contributed by atoms with E-state index in [1.54, 1.807) is 6.07 Å². The van der Waals surface area contributed by atoms with E-state index in [1.807, 2.05) is 38.1 Å². The molecular formula is C17H18F3N. The fraction of sp³-hybridized carbons (Fsp3) is 0.294. The maximum Gasteiger partial charge on any atom is 0.416 e. The van der Waals surface area contributed by atoms with Gasteiger partial charge in [-0.25, -0.2) is 0 Å². The Hall–Kier alpha value is -1.81. The molecule has 0 saturated carbocycles. The zero-order chi connectivity index (χ0) is 15.5. The second-order valence-electron chi connectivity index (χ2n) is 5.11. The van der Waals surface area contributed by atoms with Gasteiger partial charge < -0.3 is 5.32 Å². The van der Waals surface area contributed by atoms with Crippen LogP contribution in [-0.2, 0) is 12.7 Å². The Balaban J connectivity index is 2.12. The van der Waals surface area contributed by atoms with Crippen molar-refractivity contribution in [2.24, 2.45) is 0 Å². The fourth-order valence-corrected chi connectivity index (χ4v) is 2.40. The molecule has 1 atom stereocenters. The van der Waals surface area contributed by atoms with Gasteiger partial charge in [0, 0.05) is 12.6 Å². The maximum absolute atomic E-state index is 12.9. The molecule has 0 heterocycles. The Bertz CT molecular complexity index is 605. The van der Waals surface area contributed by atoms with Crippen molar-refractivity contribution in [1.82, 2.24) is 5.32 Å². The molecule has 0 aliphatic rings. The average Bonchev–Trinajstić information content (AvgIpc) is 2.44. The van der Waals surface area contributed by atoms with Crippen LogP contribution in [0.5, 0.6) is 0 Å².